The molecule has 0 unspecified atom stereocenters. The second-order valence-electron chi connectivity index (χ2n) is 6.32. The van der Waals surface area contributed by atoms with Crippen LogP contribution < -0.4 is 0 Å². The van der Waals surface area contributed by atoms with Crippen molar-refractivity contribution in [3.05, 3.63) is 23.8 Å². The summed E-state index contributed by atoms with van der Waals surface area (Å²) in [5.74, 6) is 0.0249. The second-order valence-corrected chi connectivity index (χ2v) is 6.32. The van der Waals surface area contributed by atoms with Crippen molar-refractivity contribution < 1.29 is 14.6 Å². The molecule has 0 radical (unpaired) electrons. The summed E-state index contributed by atoms with van der Waals surface area (Å²) in [4.78, 5) is 11.8. The van der Waals surface area contributed by atoms with Crippen LogP contribution in [0.25, 0.3) is 0 Å². The van der Waals surface area contributed by atoms with E-state index in [1.807, 2.05) is 13.0 Å². The van der Waals surface area contributed by atoms with Crippen LogP contribution >= 0.6 is 0 Å². The van der Waals surface area contributed by atoms with Crippen molar-refractivity contribution >= 4 is 5.78 Å². The lowest BCUT2D eigenvalue weighted by Crippen LogP contribution is -2.30. The number of epoxide rings is 1. The summed E-state index contributed by atoms with van der Waals surface area (Å²) in [5, 5.41) is 10.2. The maximum absolute atomic E-state index is 11.8. The first-order valence-corrected chi connectivity index (χ1v) is 6.51. The molecule has 0 spiro atoms. The molecule has 1 heterocycles. The molecule has 2 aliphatic rings. The summed E-state index contributed by atoms with van der Waals surface area (Å²) in [6.07, 6.45) is 6.23. The molecule has 0 aromatic carbocycles. The molecular weight excluding hydrogens is 228 g/mol. The number of aliphatic hydroxyl groups is 1. The van der Waals surface area contributed by atoms with Gasteiger partial charge < -0.3 is 9.84 Å². The van der Waals surface area contributed by atoms with Crippen LogP contribution in [0.5, 0.6) is 0 Å². The summed E-state index contributed by atoms with van der Waals surface area (Å²) in [6, 6.07) is 0. The van der Waals surface area contributed by atoms with Crippen LogP contribution in [0.15, 0.2) is 23.8 Å². The molecule has 0 bridgehead atoms. The van der Waals surface area contributed by atoms with Gasteiger partial charge in [0.25, 0.3) is 0 Å². The van der Waals surface area contributed by atoms with Gasteiger partial charge in [-0.1, -0.05) is 26.0 Å². The van der Waals surface area contributed by atoms with Gasteiger partial charge in [-0.05, 0) is 43.8 Å². The van der Waals surface area contributed by atoms with Crippen molar-refractivity contribution in [1.29, 1.82) is 0 Å². The van der Waals surface area contributed by atoms with Gasteiger partial charge in [-0.15, -0.1) is 0 Å². The van der Waals surface area contributed by atoms with Gasteiger partial charge in [-0.2, -0.15) is 0 Å². The van der Waals surface area contributed by atoms with E-state index in [0.29, 0.717) is 12.0 Å². The van der Waals surface area contributed by atoms with E-state index < -0.39 is 11.7 Å². The lowest BCUT2D eigenvalue weighted by molar-refractivity contribution is -0.111. The quantitative estimate of drug-likeness (QED) is 0.672. The highest BCUT2D eigenvalue weighted by atomic mass is 16.6. The minimum atomic E-state index is -0.542. The highest BCUT2D eigenvalue weighted by Crippen LogP contribution is 2.47. The summed E-state index contributed by atoms with van der Waals surface area (Å²) >= 11 is 0. The van der Waals surface area contributed by atoms with Gasteiger partial charge in [0, 0.05) is 0 Å². The molecule has 0 aromatic rings. The lowest BCUT2D eigenvalue weighted by atomic mass is 9.83. The van der Waals surface area contributed by atoms with Crippen molar-refractivity contribution in [1.82, 2.24) is 0 Å². The lowest BCUT2D eigenvalue weighted by Gasteiger charge is -2.20. The van der Waals surface area contributed by atoms with Crippen molar-refractivity contribution in [2.24, 2.45) is 5.41 Å². The molecule has 3 atom stereocenters. The van der Waals surface area contributed by atoms with Gasteiger partial charge in [0.2, 0.25) is 0 Å². The highest BCUT2D eigenvalue weighted by Gasteiger charge is 2.57. The Kier molecular flexibility index (Phi) is 3.24. The predicted octanol–water partition coefficient (Wildman–Crippen LogP) is 2.40. The number of fused-ring (bicyclic) bond motifs is 1. The Labute approximate surface area is 109 Å². The predicted molar refractivity (Wildman–Crippen MR) is 70.2 cm³/mol. The van der Waals surface area contributed by atoms with E-state index in [9.17, 15) is 9.90 Å². The number of carbonyl (C=O) groups is 1. The maximum Gasteiger partial charge on any atom is 0.180 e. The summed E-state index contributed by atoms with van der Waals surface area (Å²) in [7, 11) is 0. The Morgan fingerprint density at radius 1 is 1.39 bits per heavy atom. The maximum atomic E-state index is 11.8. The van der Waals surface area contributed by atoms with Crippen LogP contribution in [0.3, 0.4) is 0 Å². The number of rotatable bonds is 0. The first-order chi connectivity index (χ1) is 8.24. The summed E-state index contributed by atoms with van der Waals surface area (Å²) in [5.41, 5.74) is 0.140. The Morgan fingerprint density at radius 3 is 2.72 bits per heavy atom. The zero-order valence-corrected chi connectivity index (χ0v) is 11.6. The molecule has 1 N–H and O–H groups in total. The zero-order valence-electron chi connectivity index (χ0n) is 11.6. The molecule has 2 rings (SSSR count). The minimum Gasteiger partial charge on any atom is -0.390 e. The molecule has 0 aromatic heterocycles. The third-order valence-corrected chi connectivity index (χ3v) is 4.07. The topological polar surface area (TPSA) is 49.8 Å². The van der Waals surface area contributed by atoms with Gasteiger partial charge in [0.1, 0.15) is 5.60 Å². The molecular formula is C15H22O3. The largest absolute Gasteiger partial charge is 0.390 e. The fourth-order valence-electron chi connectivity index (χ4n) is 2.41. The fourth-order valence-corrected chi connectivity index (χ4v) is 2.41. The number of allylic oxidation sites excluding steroid dienone is 3. The van der Waals surface area contributed by atoms with E-state index in [4.69, 9.17) is 4.74 Å². The average molecular weight is 250 g/mol. The van der Waals surface area contributed by atoms with Crippen LogP contribution in [-0.2, 0) is 9.53 Å². The summed E-state index contributed by atoms with van der Waals surface area (Å²) in [6.45, 7) is 7.91. The molecule has 0 saturated carbocycles. The van der Waals surface area contributed by atoms with Gasteiger partial charge in [0.15, 0.2) is 5.78 Å². The van der Waals surface area contributed by atoms with E-state index in [1.54, 1.807) is 19.1 Å². The molecule has 1 fully saturated rings. The Balaban J connectivity index is 2.27. The van der Waals surface area contributed by atoms with Gasteiger partial charge >= 0.3 is 0 Å². The molecule has 0 amide bonds. The molecule has 18 heavy (non-hydrogen) atoms. The SMILES string of the molecule is C/C1=C\C[C@H](O)[C@]2(C)O[C@H]2CC(C)(C)/C=C/C1=O. The Morgan fingerprint density at radius 2 is 2.06 bits per heavy atom. The van der Waals surface area contributed by atoms with E-state index in [2.05, 4.69) is 13.8 Å². The molecule has 1 aliphatic carbocycles. The number of aliphatic hydroxyl groups excluding tert-OH is 1. The first kappa shape index (κ1) is 13.5. The highest BCUT2D eigenvalue weighted by molar-refractivity contribution is 6.03. The molecule has 100 valence electrons. The first-order valence-electron chi connectivity index (χ1n) is 6.51. The number of ketones is 1. The molecule has 1 aliphatic heterocycles. The van der Waals surface area contributed by atoms with Crippen molar-refractivity contribution in [2.45, 2.75) is 58.3 Å². The third kappa shape index (κ3) is 2.57. The number of hydrogen-bond donors (Lipinski definition) is 1. The van der Waals surface area contributed by atoms with Crippen molar-refractivity contribution in [2.75, 3.05) is 0 Å². The van der Waals surface area contributed by atoms with Gasteiger partial charge in [-0.25, -0.2) is 0 Å². The Hall–Kier alpha value is -0.930. The van der Waals surface area contributed by atoms with Crippen LogP contribution in [0, 0.1) is 5.41 Å². The number of hydrogen-bond acceptors (Lipinski definition) is 3. The third-order valence-electron chi connectivity index (χ3n) is 4.07. The van der Waals surface area contributed by atoms with Crippen LogP contribution in [0.2, 0.25) is 0 Å². The van der Waals surface area contributed by atoms with E-state index in [0.717, 1.165) is 6.42 Å². The molecule has 1 saturated heterocycles. The summed E-state index contributed by atoms with van der Waals surface area (Å²) < 4.78 is 5.69. The number of carbonyl (C=O) groups excluding carboxylic acids is 1. The van der Waals surface area contributed by atoms with Gasteiger partial charge in [0.05, 0.1) is 12.2 Å². The average Bonchev–Trinajstić information content (AvgIpc) is 2.92. The minimum absolute atomic E-state index is 0.0249. The second kappa shape index (κ2) is 4.32. The van der Waals surface area contributed by atoms with E-state index in [-0.39, 0.29) is 17.3 Å². The van der Waals surface area contributed by atoms with E-state index >= 15 is 0 Å². The van der Waals surface area contributed by atoms with Crippen LogP contribution in [0.4, 0.5) is 0 Å². The molecule has 3 nitrogen and oxygen atoms in total. The monoisotopic (exact) mass is 250 g/mol. The molecule has 3 heteroatoms. The van der Waals surface area contributed by atoms with E-state index in [1.165, 1.54) is 0 Å². The standard InChI is InChI=1S/C15H22O3/c1-10-5-6-12(17)15(4)13(18-15)9-14(2,3)8-7-11(10)16/h5,7-8,12-13,17H,6,9H2,1-4H3/b8-7+,10-5+/t12-,13-,15-/m0/s1. The Bertz CT molecular complexity index is 419. The number of ether oxygens (including phenoxy) is 1. The van der Waals surface area contributed by atoms with Crippen LogP contribution in [-0.4, -0.2) is 28.7 Å². The fraction of sp³-hybridized carbons (Fsp3) is 0.667. The normalized spacial score (nSPS) is 44.3. The van der Waals surface area contributed by atoms with Crippen molar-refractivity contribution in [3.8, 4) is 0 Å². The van der Waals surface area contributed by atoms with Gasteiger partial charge in [-0.3, -0.25) is 4.79 Å². The zero-order chi connectivity index (χ0) is 13.6. The smallest absolute Gasteiger partial charge is 0.180 e. The van der Waals surface area contributed by atoms with Crippen LogP contribution in [0.1, 0.15) is 40.5 Å². The van der Waals surface area contributed by atoms with Crippen molar-refractivity contribution in [3.63, 3.8) is 0 Å².